The average Bonchev–Trinajstić information content (AvgIpc) is 2.67. The predicted octanol–water partition coefficient (Wildman–Crippen LogP) is 2.87. The molecule has 0 fully saturated rings. The van der Waals surface area contributed by atoms with Crippen LogP contribution in [0.1, 0.15) is 24.3 Å². The maximum absolute atomic E-state index is 11.8. The Morgan fingerprint density at radius 3 is 2.74 bits per heavy atom. The molecule has 5 nitrogen and oxygen atoms in total. The smallest absolute Gasteiger partial charge is 0.355 e. The number of nitrogens with one attached hydrogen (secondary N) is 1. The van der Waals surface area contributed by atoms with Crippen molar-refractivity contribution in [3.8, 4) is 5.75 Å². The number of H-pyrrole nitrogens is 1. The number of aromatic amines is 1. The molecule has 0 saturated heterocycles. The number of fused-ring (bicyclic) bond motifs is 1. The summed E-state index contributed by atoms with van der Waals surface area (Å²) in [5.74, 6) is -0.319. The van der Waals surface area contributed by atoms with E-state index in [1.807, 2.05) is 0 Å². The Hall–Kier alpha value is -1.57. The zero-order chi connectivity index (χ0) is 14.0. The molecular formula is C13H12INO4. The number of ether oxygens (including phenoxy) is 2. The van der Waals surface area contributed by atoms with E-state index in [0.717, 1.165) is 14.5 Å². The second-order valence-electron chi connectivity index (χ2n) is 3.84. The van der Waals surface area contributed by atoms with Gasteiger partial charge in [-0.1, -0.05) is 0 Å². The minimum absolute atomic E-state index is 0.322. The molecule has 0 aliphatic rings. The first-order chi connectivity index (χ1) is 9.02. The average molecular weight is 373 g/mol. The van der Waals surface area contributed by atoms with Crippen LogP contribution in [-0.2, 0) is 9.53 Å². The molecule has 1 aromatic carbocycles. The van der Waals surface area contributed by atoms with E-state index in [9.17, 15) is 9.59 Å². The van der Waals surface area contributed by atoms with E-state index in [0.29, 0.717) is 18.1 Å². The number of aromatic nitrogens is 1. The fraction of sp³-hybridized carbons (Fsp3) is 0.231. The van der Waals surface area contributed by atoms with Crippen LogP contribution < -0.4 is 4.74 Å². The number of esters is 2. The van der Waals surface area contributed by atoms with Gasteiger partial charge in [0.05, 0.1) is 10.2 Å². The second-order valence-corrected chi connectivity index (χ2v) is 4.91. The first-order valence-electron chi connectivity index (χ1n) is 5.69. The van der Waals surface area contributed by atoms with Gasteiger partial charge in [-0.15, -0.1) is 0 Å². The van der Waals surface area contributed by atoms with Crippen LogP contribution in [0.5, 0.6) is 5.75 Å². The molecule has 1 N–H and O–H groups in total. The van der Waals surface area contributed by atoms with Crippen LogP contribution in [0, 0.1) is 3.57 Å². The summed E-state index contributed by atoms with van der Waals surface area (Å²) in [6, 6.07) is 5.15. The Bertz CT molecular complexity index is 647. The largest absolute Gasteiger partial charge is 0.461 e. The van der Waals surface area contributed by atoms with Gasteiger partial charge in [0.1, 0.15) is 11.4 Å². The maximum Gasteiger partial charge on any atom is 0.355 e. The quantitative estimate of drug-likeness (QED) is 0.511. The molecule has 2 rings (SSSR count). The van der Waals surface area contributed by atoms with Crippen LogP contribution in [0.4, 0.5) is 0 Å². The summed E-state index contributed by atoms with van der Waals surface area (Å²) in [5, 5.41) is 0.822. The molecule has 0 saturated carbocycles. The van der Waals surface area contributed by atoms with E-state index >= 15 is 0 Å². The number of carbonyl (C=O) groups excluding carboxylic acids is 2. The Labute approximate surface area is 123 Å². The SMILES string of the molecule is CCOC(=O)c1[nH]c2ccc(OC(C)=O)cc2c1I. The minimum atomic E-state index is -0.392. The molecule has 0 aliphatic heterocycles. The molecule has 2 aromatic rings. The third kappa shape index (κ3) is 2.89. The van der Waals surface area contributed by atoms with Crippen molar-refractivity contribution in [2.45, 2.75) is 13.8 Å². The van der Waals surface area contributed by atoms with Crippen molar-refractivity contribution in [1.82, 2.24) is 4.98 Å². The lowest BCUT2D eigenvalue weighted by molar-refractivity contribution is -0.131. The van der Waals surface area contributed by atoms with Gasteiger partial charge in [-0.05, 0) is 47.7 Å². The Kier molecular flexibility index (Phi) is 4.08. The highest BCUT2D eigenvalue weighted by molar-refractivity contribution is 14.1. The van der Waals surface area contributed by atoms with E-state index in [1.165, 1.54) is 6.92 Å². The zero-order valence-corrected chi connectivity index (χ0v) is 12.6. The summed E-state index contributed by atoms with van der Waals surface area (Å²) >= 11 is 2.07. The van der Waals surface area contributed by atoms with Gasteiger partial charge in [0.2, 0.25) is 0 Å². The van der Waals surface area contributed by atoms with Crippen LogP contribution in [0.2, 0.25) is 0 Å². The van der Waals surface area contributed by atoms with E-state index in [4.69, 9.17) is 9.47 Å². The van der Waals surface area contributed by atoms with Crippen molar-refractivity contribution >= 4 is 45.4 Å². The molecule has 0 atom stereocenters. The van der Waals surface area contributed by atoms with Crippen molar-refractivity contribution in [3.05, 3.63) is 27.5 Å². The molecule has 1 heterocycles. The predicted molar refractivity (Wildman–Crippen MR) is 78.3 cm³/mol. The van der Waals surface area contributed by atoms with Crippen molar-refractivity contribution < 1.29 is 19.1 Å². The minimum Gasteiger partial charge on any atom is -0.461 e. The lowest BCUT2D eigenvalue weighted by atomic mass is 10.2. The second kappa shape index (κ2) is 5.60. The van der Waals surface area contributed by atoms with E-state index in [-0.39, 0.29) is 5.97 Å². The molecule has 0 aliphatic carbocycles. The molecule has 0 amide bonds. The van der Waals surface area contributed by atoms with Gasteiger partial charge in [0.25, 0.3) is 0 Å². The normalized spacial score (nSPS) is 10.5. The third-order valence-electron chi connectivity index (χ3n) is 2.45. The van der Waals surface area contributed by atoms with Gasteiger partial charge >= 0.3 is 11.9 Å². The van der Waals surface area contributed by atoms with Crippen molar-refractivity contribution in [3.63, 3.8) is 0 Å². The van der Waals surface area contributed by atoms with Crippen LogP contribution in [0.15, 0.2) is 18.2 Å². The fourth-order valence-corrected chi connectivity index (χ4v) is 2.51. The summed E-state index contributed by atoms with van der Waals surface area (Å²) in [6.07, 6.45) is 0. The molecule has 0 spiro atoms. The molecule has 0 bridgehead atoms. The summed E-state index contributed by atoms with van der Waals surface area (Å²) in [6.45, 7) is 3.42. The van der Waals surface area contributed by atoms with E-state index in [2.05, 4.69) is 27.6 Å². The Morgan fingerprint density at radius 2 is 2.11 bits per heavy atom. The summed E-state index contributed by atoms with van der Waals surface area (Å²) in [7, 11) is 0. The van der Waals surface area contributed by atoms with Gasteiger partial charge in [0, 0.05) is 17.8 Å². The number of carbonyl (C=O) groups is 2. The first-order valence-corrected chi connectivity index (χ1v) is 6.77. The standard InChI is InChI=1S/C13H12INO4/c1-3-18-13(17)12-11(14)9-6-8(19-7(2)16)4-5-10(9)15-12/h4-6,15H,3H2,1-2H3. The molecule has 0 radical (unpaired) electrons. The monoisotopic (exact) mass is 373 g/mol. The molecular weight excluding hydrogens is 361 g/mol. The highest BCUT2D eigenvalue weighted by Gasteiger charge is 2.17. The van der Waals surface area contributed by atoms with Gasteiger partial charge in [-0.25, -0.2) is 4.79 Å². The van der Waals surface area contributed by atoms with E-state index < -0.39 is 5.97 Å². The number of rotatable bonds is 3. The van der Waals surface area contributed by atoms with Crippen LogP contribution in [0.3, 0.4) is 0 Å². The molecule has 0 unspecified atom stereocenters. The number of hydrogen-bond acceptors (Lipinski definition) is 4. The summed E-state index contributed by atoms with van der Waals surface area (Å²) < 4.78 is 10.7. The maximum atomic E-state index is 11.8. The van der Waals surface area contributed by atoms with Crippen LogP contribution >= 0.6 is 22.6 Å². The topological polar surface area (TPSA) is 68.4 Å². The Morgan fingerprint density at radius 1 is 1.37 bits per heavy atom. The molecule has 6 heteroatoms. The first kappa shape index (κ1) is 13.9. The Balaban J connectivity index is 2.46. The van der Waals surface area contributed by atoms with Crippen molar-refractivity contribution in [2.75, 3.05) is 6.61 Å². The highest BCUT2D eigenvalue weighted by atomic mass is 127. The zero-order valence-electron chi connectivity index (χ0n) is 10.5. The summed E-state index contributed by atoms with van der Waals surface area (Å²) in [5.41, 5.74) is 1.21. The summed E-state index contributed by atoms with van der Waals surface area (Å²) in [4.78, 5) is 25.7. The van der Waals surface area contributed by atoms with E-state index in [1.54, 1.807) is 25.1 Å². The lowest BCUT2D eigenvalue weighted by Gasteiger charge is -2.00. The van der Waals surface area contributed by atoms with Gasteiger partial charge in [-0.3, -0.25) is 4.79 Å². The highest BCUT2D eigenvalue weighted by Crippen LogP contribution is 2.28. The number of halogens is 1. The molecule has 1 aromatic heterocycles. The fourth-order valence-electron chi connectivity index (χ4n) is 1.71. The number of benzene rings is 1. The van der Waals surface area contributed by atoms with Crippen molar-refractivity contribution in [1.29, 1.82) is 0 Å². The van der Waals surface area contributed by atoms with Gasteiger partial charge in [0.15, 0.2) is 0 Å². The van der Waals surface area contributed by atoms with Gasteiger partial charge < -0.3 is 14.5 Å². The third-order valence-corrected chi connectivity index (χ3v) is 3.57. The lowest BCUT2D eigenvalue weighted by Crippen LogP contribution is -2.06. The van der Waals surface area contributed by atoms with Gasteiger partial charge in [-0.2, -0.15) is 0 Å². The number of hydrogen-bond donors (Lipinski definition) is 1. The molecule has 19 heavy (non-hydrogen) atoms. The molecule has 100 valence electrons. The van der Waals surface area contributed by atoms with Crippen molar-refractivity contribution in [2.24, 2.45) is 0 Å². The van der Waals surface area contributed by atoms with Crippen LogP contribution in [-0.4, -0.2) is 23.5 Å². The van der Waals surface area contributed by atoms with Crippen LogP contribution in [0.25, 0.3) is 10.9 Å².